The van der Waals surface area contributed by atoms with Gasteiger partial charge < -0.3 is 9.55 Å². The van der Waals surface area contributed by atoms with Crippen LogP contribution in [0.3, 0.4) is 0 Å². The third-order valence-corrected chi connectivity index (χ3v) is 4.57. The van der Waals surface area contributed by atoms with E-state index in [4.69, 9.17) is 0 Å². The highest BCUT2D eigenvalue weighted by molar-refractivity contribution is 5.26. The summed E-state index contributed by atoms with van der Waals surface area (Å²) in [5.74, 6) is 1.07. The van der Waals surface area contributed by atoms with Crippen molar-refractivity contribution in [1.29, 1.82) is 0 Å². The molecule has 1 atom stereocenters. The van der Waals surface area contributed by atoms with Crippen LogP contribution in [-0.4, -0.2) is 35.9 Å². The van der Waals surface area contributed by atoms with Crippen LogP contribution < -0.4 is 0 Å². The van der Waals surface area contributed by atoms with E-state index in [2.05, 4.69) is 48.6 Å². The summed E-state index contributed by atoms with van der Waals surface area (Å²) in [6.45, 7) is 4.94. The number of H-pyrrole nitrogens is 1. The molecule has 3 aromatic heterocycles. The molecule has 0 saturated heterocycles. The van der Waals surface area contributed by atoms with Crippen molar-refractivity contribution in [3.05, 3.63) is 66.0 Å². The Kier molecular flexibility index (Phi) is 4.13. The number of fused-ring (bicyclic) bond motifs is 1. The van der Waals surface area contributed by atoms with Crippen molar-refractivity contribution in [2.45, 2.75) is 38.9 Å². The summed E-state index contributed by atoms with van der Waals surface area (Å²) in [7, 11) is 0. The van der Waals surface area contributed by atoms with E-state index in [1.54, 1.807) is 6.33 Å². The highest BCUT2D eigenvalue weighted by atomic mass is 15.2. The molecule has 24 heavy (non-hydrogen) atoms. The minimum Gasteiger partial charge on any atom is -0.348 e. The quantitative estimate of drug-likeness (QED) is 0.784. The van der Waals surface area contributed by atoms with Gasteiger partial charge in [0.15, 0.2) is 0 Å². The molecule has 4 heterocycles. The van der Waals surface area contributed by atoms with Crippen LogP contribution in [-0.2, 0) is 19.5 Å². The molecule has 1 aliphatic heterocycles. The van der Waals surface area contributed by atoms with Gasteiger partial charge >= 0.3 is 0 Å². The molecule has 6 heteroatoms. The first-order valence-corrected chi connectivity index (χ1v) is 8.54. The van der Waals surface area contributed by atoms with Crippen LogP contribution in [0.5, 0.6) is 0 Å². The standard InChI is InChI=1S/C18H22N6/c1-2-9-23-11-8-20-18(23)17-16-15(21-13-22-16)6-10-24(17)12-14-5-3-4-7-19-14/h3-5,7-8,11,13,17H,2,6,9-10,12H2,1H3,(H,21,22)/t17-/m1/s1. The highest BCUT2D eigenvalue weighted by Crippen LogP contribution is 2.33. The monoisotopic (exact) mass is 322 g/mol. The number of hydrogen-bond acceptors (Lipinski definition) is 4. The molecule has 1 N–H and O–H groups in total. The number of hydrogen-bond donors (Lipinski definition) is 1. The summed E-state index contributed by atoms with van der Waals surface area (Å²) < 4.78 is 2.25. The predicted molar refractivity (Wildman–Crippen MR) is 91.3 cm³/mol. The molecule has 0 aliphatic carbocycles. The van der Waals surface area contributed by atoms with Crippen LogP contribution >= 0.6 is 0 Å². The van der Waals surface area contributed by atoms with E-state index >= 15 is 0 Å². The summed E-state index contributed by atoms with van der Waals surface area (Å²) in [6.07, 6.45) is 9.68. The summed E-state index contributed by atoms with van der Waals surface area (Å²) in [4.78, 5) is 19.5. The number of aryl methyl sites for hydroxylation is 1. The van der Waals surface area contributed by atoms with E-state index < -0.39 is 0 Å². The second-order valence-corrected chi connectivity index (χ2v) is 6.19. The van der Waals surface area contributed by atoms with Crippen LogP contribution in [0.25, 0.3) is 0 Å². The lowest BCUT2D eigenvalue weighted by molar-refractivity contribution is 0.187. The topological polar surface area (TPSA) is 62.6 Å². The Bertz CT molecular complexity index is 791. The van der Waals surface area contributed by atoms with Crippen molar-refractivity contribution in [3.63, 3.8) is 0 Å². The third-order valence-electron chi connectivity index (χ3n) is 4.57. The second-order valence-electron chi connectivity index (χ2n) is 6.19. The van der Waals surface area contributed by atoms with Crippen molar-refractivity contribution in [2.75, 3.05) is 6.54 Å². The average Bonchev–Trinajstić information content (AvgIpc) is 3.25. The maximum absolute atomic E-state index is 4.68. The molecule has 3 aromatic rings. The second kappa shape index (κ2) is 6.57. The van der Waals surface area contributed by atoms with Crippen LogP contribution in [0.4, 0.5) is 0 Å². The average molecular weight is 322 g/mol. The Morgan fingerprint density at radius 2 is 2.17 bits per heavy atom. The molecule has 0 aromatic carbocycles. The normalized spacial score (nSPS) is 17.8. The van der Waals surface area contributed by atoms with Gasteiger partial charge in [-0.2, -0.15) is 0 Å². The number of imidazole rings is 2. The third kappa shape index (κ3) is 2.73. The minimum atomic E-state index is 0.0727. The maximum Gasteiger partial charge on any atom is 0.132 e. The van der Waals surface area contributed by atoms with Gasteiger partial charge in [-0.25, -0.2) is 9.97 Å². The fourth-order valence-corrected chi connectivity index (χ4v) is 3.48. The first-order chi connectivity index (χ1) is 11.9. The zero-order valence-electron chi connectivity index (χ0n) is 13.9. The lowest BCUT2D eigenvalue weighted by atomic mass is 10.0. The highest BCUT2D eigenvalue weighted by Gasteiger charge is 2.33. The molecule has 0 radical (unpaired) electrons. The molecule has 1 aliphatic rings. The molecule has 0 amide bonds. The first kappa shape index (κ1) is 15.1. The lowest BCUT2D eigenvalue weighted by Crippen LogP contribution is -2.37. The van der Waals surface area contributed by atoms with Crippen molar-refractivity contribution in [3.8, 4) is 0 Å². The van der Waals surface area contributed by atoms with E-state index in [1.807, 2.05) is 24.5 Å². The SMILES string of the molecule is CCCn1ccnc1[C@H]1c2nc[nH]c2CCN1Cc1ccccn1. The Morgan fingerprint density at radius 1 is 1.21 bits per heavy atom. The molecule has 0 saturated carbocycles. The minimum absolute atomic E-state index is 0.0727. The molecule has 0 bridgehead atoms. The lowest BCUT2D eigenvalue weighted by Gasteiger charge is -2.34. The van der Waals surface area contributed by atoms with Gasteiger partial charge in [-0.05, 0) is 18.6 Å². The van der Waals surface area contributed by atoms with Crippen molar-refractivity contribution < 1.29 is 0 Å². The summed E-state index contributed by atoms with van der Waals surface area (Å²) in [5.41, 5.74) is 3.40. The van der Waals surface area contributed by atoms with Gasteiger partial charge in [0.05, 0.1) is 17.7 Å². The molecule has 0 unspecified atom stereocenters. The Morgan fingerprint density at radius 3 is 3.00 bits per heavy atom. The smallest absolute Gasteiger partial charge is 0.132 e. The van der Waals surface area contributed by atoms with Crippen LogP contribution in [0.1, 0.15) is 42.3 Å². The molecule has 0 spiro atoms. The van der Waals surface area contributed by atoms with Gasteiger partial charge in [-0.3, -0.25) is 9.88 Å². The predicted octanol–water partition coefficient (Wildman–Crippen LogP) is 2.56. The van der Waals surface area contributed by atoms with Gasteiger partial charge in [-0.1, -0.05) is 13.0 Å². The number of aromatic nitrogens is 5. The van der Waals surface area contributed by atoms with Gasteiger partial charge in [-0.15, -0.1) is 0 Å². The molecule has 124 valence electrons. The molecular weight excluding hydrogens is 300 g/mol. The van der Waals surface area contributed by atoms with Crippen LogP contribution in [0.15, 0.2) is 43.1 Å². The van der Waals surface area contributed by atoms with Crippen LogP contribution in [0, 0.1) is 0 Å². The number of nitrogens with one attached hydrogen (secondary N) is 1. The van der Waals surface area contributed by atoms with Crippen LogP contribution in [0.2, 0.25) is 0 Å². The Labute approximate surface area is 141 Å². The van der Waals surface area contributed by atoms with Gasteiger partial charge in [0.1, 0.15) is 11.9 Å². The van der Waals surface area contributed by atoms with E-state index in [0.29, 0.717) is 0 Å². The molecular formula is C18H22N6. The van der Waals surface area contributed by atoms with Crippen molar-refractivity contribution in [2.24, 2.45) is 0 Å². The Balaban J connectivity index is 1.72. The van der Waals surface area contributed by atoms with E-state index in [0.717, 1.165) is 49.7 Å². The molecule has 6 nitrogen and oxygen atoms in total. The van der Waals surface area contributed by atoms with E-state index in [1.165, 1.54) is 5.69 Å². The number of rotatable bonds is 5. The first-order valence-electron chi connectivity index (χ1n) is 8.54. The zero-order valence-corrected chi connectivity index (χ0v) is 13.9. The molecule has 0 fully saturated rings. The molecule has 4 rings (SSSR count). The van der Waals surface area contributed by atoms with E-state index in [9.17, 15) is 0 Å². The summed E-state index contributed by atoms with van der Waals surface area (Å²) in [6, 6.07) is 6.15. The van der Waals surface area contributed by atoms with Gasteiger partial charge in [0, 0.05) is 50.3 Å². The van der Waals surface area contributed by atoms with Gasteiger partial charge in [0.2, 0.25) is 0 Å². The maximum atomic E-state index is 4.68. The van der Waals surface area contributed by atoms with Gasteiger partial charge in [0.25, 0.3) is 0 Å². The fourth-order valence-electron chi connectivity index (χ4n) is 3.48. The summed E-state index contributed by atoms with van der Waals surface area (Å²) >= 11 is 0. The number of aromatic amines is 1. The Hall–Kier alpha value is -2.47. The zero-order chi connectivity index (χ0) is 16.4. The largest absolute Gasteiger partial charge is 0.348 e. The number of pyridine rings is 1. The van der Waals surface area contributed by atoms with Crippen molar-refractivity contribution >= 4 is 0 Å². The van der Waals surface area contributed by atoms with E-state index in [-0.39, 0.29) is 6.04 Å². The number of nitrogens with zero attached hydrogens (tertiary/aromatic N) is 5. The fraction of sp³-hybridized carbons (Fsp3) is 0.389. The summed E-state index contributed by atoms with van der Waals surface area (Å²) in [5, 5.41) is 0. The van der Waals surface area contributed by atoms with Crippen molar-refractivity contribution in [1.82, 2.24) is 29.4 Å².